The number of urea groups is 1. The molecule has 1 heterocycles. The first kappa shape index (κ1) is 17.5. The summed E-state index contributed by atoms with van der Waals surface area (Å²) in [6.07, 6.45) is 4.22. The van der Waals surface area contributed by atoms with Crippen LogP contribution in [0.5, 0.6) is 0 Å². The summed E-state index contributed by atoms with van der Waals surface area (Å²) >= 11 is 5.86. The van der Waals surface area contributed by atoms with E-state index in [2.05, 4.69) is 17.6 Å². The summed E-state index contributed by atoms with van der Waals surface area (Å²) in [6, 6.07) is 4.24. The number of aromatic nitrogens is 1. The van der Waals surface area contributed by atoms with Gasteiger partial charge in [0, 0.05) is 17.1 Å². The molecule has 3 amide bonds. The highest BCUT2D eigenvalue weighted by Crippen LogP contribution is 2.23. The number of imide groups is 1. The van der Waals surface area contributed by atoms with Gasteiger partial charge in [0.05, 0.1) is 5.52 Å². The Hall–Kier alpha value is -2.28. The van der Waals surface area contributed by atoms with Crippen molar-refractivity contribution in [3.05, 3.63) is 33.8 Å². The molecule has 3 rings (SSSR count). The molecule has 25 heavy (non-hydrogen) atoms. The van der Waals surface area contributed by atoms with Gasteiger partial charge in [0.1, 0.15) is 6.54 Å². The van der Waals surface area contributed by atoms with Crippen LogP contribution in [0.2, 0.25) is 5.02 Å². The number of carbonyl (C=O) groups excluding carboxylic acids is 2. The summed E-state index contributed by atoms with van der Waals surface area (Å²) < 4.78 is 6.23. The molecule has 134 valence electrons. The minimum absolute atomic E-state index is 0.0705. The number of nitrogens with one attached hydrogen (secondary N) is 2. The van der Waals surface area contributed by atoms with E-state index in [9.17, 15) is 14.4 Å². The molecule has 0 spiro atoms. The molecule has 1 saturated carbocycles. The molecule has 1 fully saturated rings. The van der Waals surface area contributed by atoms with E-state index < -0.39 is 17.7 Å². The summed E-state index contributed by atoms with van der Waals surface area (Å²) in [7, 11) is 0. The number of carbonyl (C=O) groups is 2. The number of rotatable bonds is 3. The van der Waals surface area contributed by atoms with Gasteiger partial charge in [0.2, 0.25) is 5.91 Å². The minimum atomic E-state index is -0.672. The molecule has 0 saturated heterocycles. The van der Waals surface area contributed by atoms with Crippen LogP contribution < -0.4 is 16.4 Å². The van der Waals surface area contributed by atoms with E-state index in [1.165, 1.54) is 12.5 Å². The topological polar surface area (TPSA) is 93.3 Å². The zero-order valence-corrected chi connectivity index (χ0v) is 14.6. The number of fused-ring (bicyclic) bond motifs is 1. The van der Waals surface area contributed by atoms with Crippen molar-refractivity contribution in [3.63, 3.8) is 0 Å². The second kappa shape index (κ2) is 7.31. The van der Waals surface area contributed by atoms with Crippen molar-refractivity contribution in [3.8, 4) is 0 Å². The maximum absolute atomic E-state index is 12.1. The van der Waals surface area contributed by atoms with Crippen LogP contribution in [0.3, 0.4) is 0 Å². The molecule has 2 N–H and O–H groups in total. The highest BCUT2D eigenvalue weighted by molar-refractivity contribution is 6.31. The summed E-state index contributed by atoms with van der Waals surface area (Å²) in [6.45, 7) is 1.79. The van der Waals surface area contributed by atoms with Crippen LogP contribution in [0.25, 0.3) is 11.1 Å². The van der Waals surface area contributed by atoms with Crippen molar-refractivity contribution in [1.82, 2.24) is 15.2 Å². The molecule has 0 unspecified atom stereocenters. The highest BCUT2D eigenvalue weighted by Gasteiger charge is 2.23. The van der Waals surface area contributed by atoms with Crippen LogP contribution in [0.1, 0.15) is 32.6 Å². The molecule has 8 heteroatoms. The van der Waals surface area contributed by atoms with Gasteiger partial charge in [-0.05, 0) is 30.9 Å². The number of halogens is 1. The van der Waals surface area contributed by atoms with E-state index in [0.717, 1.165) is 23.8 Å². The van der Waals surface area contributed by atoms with E-state index >= 15 is 0 Å². The molecule has 0 radical (unpaired) electrons. The van der Waals surface area contributed by atoms with Crippen LogP contribution in [0.4, 0.5) is 4.79 Å². The standard InChI is InChI=1S/C17H20ClN3O4/c1-10-4-2-3-5-12(10)19-16(23)20-15(22)9-21-13-7-6-11(18)8-14(13)25-17(21)24/h6-8,10,12H,2-5,9H2,1H3,(H2,19,20,22,23)/t10-,12-/m1/s1. The van der Waals surface area contributed by atoms with Gasteiger partial charge in [-0.15, -0.1) is 0 Å². The zero-order valence-electron chi connectivity index (χ0n) is 13.9. The monoisotopic (exact) mass is 365 g/mol. The third-order valence-electron chi connectivity index (χ3n) is 4.61. The molecule has 1 aromatic heterocycles. The first-order chi connectivity index (χ1) is 11.9. The molecule has 1 aromatic carbocycles. The SMILES string of the molecule is C[C@@H]1CCCC[C@H]1NC(=O)NC(=O)Cn1c(=O)oc2cc(Cl)ccc21. The van der Waals surface area contributed by atoms with Crippen molar-refractivity contribution in [2.45, 2.75) is 45.2 Å². The van der Waals surface area contributed by atoms with Gasteiger partial charge in [-0.3, -0.25) is 14.7 Å². The Bertz CT molecular complexity index is 857. The predicted molar refractivity (Wildman–Crippen MR) is 93.6 cm³/mol. The number of hydrogen-bond acceptors (Lipinski definition) is 4. The number of oxazole rings is 1. The van der Waals surface area contributed by atoms with Crippen LogP contribution in [-0.2, 0) is 11.3 Å². The lowest BCUT2D eigenvalue weighted by atomic mass is 9.86. The third-order valence-corrected chi connectivity index (χ3v) is 4.85. The van der Waals surface area contributed by atoms with Crippen molar-refractivity contribution in [2.75, 3.05) is 0 Å². The van der Waals surface area contributed by atoms with Crippen molar-refractivity contribution < 1.29 is 14.0 Å². The lowest BCUT2D eigenvalue weighted by Crippen LogP contribution is -2.48. The fourth-order valence-electron chi connectivity index (χ4n) is 3.23. The largest absolute Gasteiger partial charge is 0.420 e. The third kappa shape index (κ3) is 4.04. The number of nitrogens with zero attached hydrogens (tertiary/aromatic N) is 1. The fourth-order valence-corrected chi connectivity index (χ4v) is 3.40. The average molecular weight is 366 g/mol. The van der Waals surface area contributed by atoms with E-state index in [1.807, 2.05) is 0 Å². The van der Waals surface area contributed by atoms with Gasteiger partial charge in [-0.25, -0.2) is 9.59 Å². The van der Waals surface area contributed by atoms with Crippen molar-refractivity contribution >= 4 is 34.6 Å². The molecule has 0 bridgehead atoms. The molecule has 1 aliphatic carbocycles. The van der Waals surface area contributed by atoms with Crippen LogP contribution in [0, 0.1) is 5.92 Å². The second-order valence-corrected chi connectivity index (χ2v) is 6.89. The number of amides is 3. The minimum Gasteiger partial charge on any atom is -0.408 e. The number of benzene rings is 1. The maximum atomic E-state index is 12.1. The van der Waals surface area contributed by atoms with Gasteiger partial charge in [0.25, 0.3) is 0 Å². The van der Waals surface area contributed by atoms with Crippen LogP contribution in [0.15, 0.2) is 27.4 Å². The van der Waals surface area contributed by atoms with Crippen molar-refractivity contribution in [2.24, 2.45) is 5.92 Å². The molecule has 2 atom stereocenters. The lowest BCUT2D eigenvalue weighted by Gasteiger charge is -2.29. The number of hydrogen-bond donors (Lipinski definition) is 2. The molecule has 0 aliphatic heterocycles. The molecular weight excluding hydrogens is 346 g/mol. The van der Waals surface area contributed by atoms with Gasteiger partial charge in [0.15, 0.2) is 5.58 Å². The molecular formula is C17H20ClN3O4. The van der Waals surface area contributed by atoms with Crippen LogP contribution >= 0.6 is 11.6 Å². The summed E-state index contributed by atoms with van der Waals surface area (Å²) in [5, 5.41) is 5.54. The highest BCUT2D eigenvalue weighted by atomic mass is 35.5. The second-order valence-electron chi connectivity index (χ2n) is 6.46. The first-order valence-corrected chi connectivity index (χ1v) is 8.71. The Morgan fingerprint density at radius 1 is 1.32 bits per heavy atom. The Kier molecular flexibility index (Phi) is 5.13. The zero-order chi connectivity index (χ0) is 18.0. The quantitative estimate of drug-likeness (QED) is 0.874. The lowest BCUT2D eigenvalue weighted by molar-refractivity contribution is -0.120. The fraction of sp³-hybridized carbons (Fsp3) is 0.471. The smallest absolute Gasteiger partial charge is 0.408 e. The Morgan fingerprint density at radius 3 is 2.84 bits per heavy atom. The van der Waals surface area contributed by atoms with Crippen molar-refractivity contribution in [1.29, 1.82) is 0 Å². The van der Waals surface area contributed by atoms with E-state index in [-0.39, 0.29) is 12.6 Å². The van der Waals surface area contributed by atoms with E-state index in [0.29, 0.717) is 22.0 Å². The molecule has 2 aromatic rings. The van der Waals surface area contributed by atoms with E-state index in [1.54, 1.807) is 12.1 Å². The molecule has 1 aliphatic rings. The Balaban J connectivity index is 1.63. The molecule has 7 nitrogen and oxygen atoms in total. The summed E-state index contributed by atoms with van der Waals surface area (Å²) in [5.74, 6) is -0.866. The summed E-state index contributed by atoms with van der Waals surface area (Å²) in [5.41, 5.74) is 0.747. The Morgan fingerprint density at radius 2 is 2.08 bits per heavy atom. The normalized spacial score (nSPS) is 20.4. The van der Waals surface area contributed by atoms with E-state index in [4.69, 9.17) is 16.0 Å². The van der Waals surface area contributed by atoms with Gasteiger partial charge >= 0.3 is 11.8 Å². The van der Waals surface area contributed by atoms with Gasteiger partial charge in [-0.1, -0.05) is 31.4 Å². The predicted octanol–water partition coefficient (Wildman–Crippen LogP) is 2.65. The average Bonchev–Trinajstić information content (AvgIpc) is 2.84. The van der Waals surface area contributed by atoms with Gasteiger partial charge in [-0.2, -0.15) is 0 Å². The van der Waals surface area contributed by atoms with Gasteiger partial charge < -0.3 is 9.73 Å². The first-order valence-electron chi connectivity index (χ1n) is 8.33. The Labute approximate surface area is 149 Å². The maximum Gasteiger partial charge on any atom is 0.420 e. The van der Waals surface area contributed by atoms with Crippen LogP contribution in [-0.4, -0.2) is 22.5 Å². The summed E-state index contributed by atoms with van der Waals surface area (Å²) in [4.78, 5) is 36.0.